The second-order valence-electron chi connectivity index (χ2n) is 18.6. The van der Waals surface area contributed by atoms with Crippen molar-refractivity contribution in [3.05, 3.63) is 34.3 Å². The van der Waals surface area contributed by atoms with Crippen LogP contribution in [-0.4, -0.2) is 115 Å². The lowest BCUT2D eigenvalue weighted by Crippen LogP contribution is -2.64. The molecule has 3 rings (SSSR count). The third-order valence-electron chi connectivity index (χ3n) is 12.5. The summed E-state index contributed by atoms with van der Waals surface area (Å²) in [7, 11) is 0. The zero-order chi connectivity index (χ0) is 49.4. The van der Waals surface area contributed by atoms with Crippen LogP contribution in [0.3, 0.4) is 0 Å². The lowest BCUT2D eigenvalue weighted by molar-refractivity contribution is -0.151. The highest BCUT2D eigenvalue weighted by Gasteiger charge is 2.44. The Morgan fingerprint density at radius 2 is 1.50 bits per heavy atom. The minimum atomic E-state index is -1.49. The molecule has 9 N–H and O–H groups in total. The summed E-state index contributed by atoms with van der Waals surface area (Å²) in [5.74, 6) is -6.11. The third-order valence-corrected chi connectivity index (χ3v) is 14.1. The SMILES string of the molecule is CC(=O)N[C@H](CCC(N)=O)C(=O)N[C@H](CC1CCCCC1)C(=O)N[C@@H](CC=O)C(=O)N(I)[C@@H](CC(C)C)C(=O)N(C1CCC(C)C[C@H]1N)[C@@H](C)C(=O)N[C@@H](Cc1ccc(C)c(Cl)c1)C(=O)O. The Hall–Kier alpha value is -4.37. The van der Waals surface area contributed by atoms with Crippen LogP contribution in [0.5, 0.6) is 0 Å². The number of nitrogens with zero attached hydrogens (tertiary/aromatic N) is 2. The molecule has 2 fully saturated rings. The summed E-state index contributed by atoms with van der Waals surface area (Å²) in [6.45, 7) is 10.2. The van der Waals surface area contributed by atoms with Crippen molar-refractivity contribution in [1.82, 2.24) is 29.3 Å². The van der Waals surface area contributed by atoms with Crippen LogP contribution in [0, 0.1) is 24.7 Å². The number of nitrogens with one attached hydrogen (secondary N) is 4. The van der Waals surface area contributed by atoms with Gasteiger partial charge in [0.25, 0.3) is 5.91 Å². The summed E-state index contributed by atoms with van der Waals surface area (Å²) in [4.78, 5) is 121. The molecule has 7 amide bonds. The monoisotopic (exact) mass is 1060 g/mol. The Labute approximate surface area is 407 Å². The highest BCUT2D eigenvalue weighted by atomic mass is 127. The second-order valence-corrected chi connectivity index (χ2v) is 20.0. The highest BCUT2D eigenvalue weighted by molar-refractivity contribution is 14.1. The molecule has 20 heteroatoms. The fourth-order valence-corrected chi connectivity index (χ4v) is 9.88. The highest BCUT2D eigenvalue weighted by Crippen LogP contribution is 2.31. The molecular formula is C46H70ClIN8O10. The molecule has 368 valence electrons. The van der Waals surface area contributed by atoms with E-state index in [2.05, 4.69) is 21.3 Å². The zero-order valence-corrected chi connectivity index (χ0v) is 41.9. The van der Waals surface area contributed by atoms with Crippen molar-refractivity contribution in [1.29, 1.82) is 0 Å². The van der Waals surface area contributed by atoms with E-state index in [0.717, 1.165) is 40.8 Å². The van der Waals surface area contributed by atoms with Crippen molar-refractivity contribution < 1.29 is 48.3 Å². The van der Waals surface area contributed by atoms with Crippen LogP contribution in [0.15, 0.2) is 18.2 Å². The normalized spacial score (nSPS) is 20.3. The molecule has 9 atom stereocenters. The molecule has 2 unspecified atom stereocenters. The van der Waals surface area contributed by atoms with Gasteiger partial charge in [0.15, 0.2) is 0 Å². The Bertz CT molecular complexity index is 1900. The van der Waals surface area contributed by atoms with Gasteiger partial charge in [0.2, 0.25) is 35.4 Å². The van der Waals surface area contributed by atoms with E-state index >= 15 is 4.79 Å². The number of carboxylic acids is 1. The van der Waals surface area contributed by atoms with Crippen LogP contribution < -0.4 is 32.7 Å². The van der Waals surface area contributed by atoms with Gasteiger partial charge in [0, 0.05) is 43.3 Å². The first kappa shape index (κ1) is 56.0. The lowest BCUT2D eigenvalue weighted by Gasteiger charge is -2.45. The smallest absolute Gasteiger partial charge is 0.326 e. The number of hydrogen-bond acceptors (Lipinski definition) is 10. The number of aliphatic carboxylic acids is 1. The molecule has 0 aromatic heterocycles. The minimum absolute atomic E-state index is 0.0418. The quantitative estimate of drug-likeness (QED) is 0.0448. The number of benzene rings is 1. The lowest BCUT2D eigenvalue weighted by atomic mass is 9.82. The van der Waals surface area contributed by atoms with Gasteiger partial charge in [-0.3, -0.25) is 36.7 Å². The number of carbonyl (C=O) groups excluding carboxylic acids is 8. The van der Waals surface area contributed by atoms with Crippen LogP contribution in [0.2, 0.25) is 5.02 Å². The molecule has 2 aliphatic rings. The van der Waals surface area contributed by atoms with Crippen LogP contribution in [0.4, 0.5) is 0 Å². The third kappa shape index (κ3) is 17.1. The van der Waals surface area contributed by atoms with Crippen LogP contribution in [0.25, 0.3) is 0 Å². The van der Waals surface area contributed by atoms with Crippen LogP contribution >= 0.6 is 34.5 Å². The second kappa shape index (κ2) is 26.8. The van der Waals surface area contributed by atoms with E-state index in [-0.39, 0.29) is 49.9 Å². The standard InChI is InChI=1S/C46H70ClIN8O10/c1-25(2)20-39(45(64)55(38-16-12-26(3)21-33(38)49)28(5)41(60)54-37(46(65)66)24-31-14-13-27(4)32(47)22-31)56(48)44(63)35(18-19-57)52-43(62)36(23-30-10-8-7-9-11-30)53-42(61)34(51-29(6)58)15-17-40(50)59/h13-14,19,22,25-26,28,30,33-39H,7-12,15-18,20-21,23-24,49H2,1-6H3,(H2,50,59)(H,51,58)(H,52,62)(H,53,61)(H,54,60)(H,65,66)/t26?,28-,33+,34+,35-,36+,37-,38?,39-/m0/s1. The molecule has 0 aliphatic heterocycles. The van der Waals surface area contributed by atoms with Gasteiger partial charge >= 0.3 is 5.97 Å². The number of aldehydes is 1. The Morgan fingerprint density at radius 3 is 2.06 bits per heavy atom. The van der Waals surface area contributed by atoms with E-state index < -0.39 is 102 Å². The molecule has 2 saturated carbocycles. The summed E-state index contributed by atoms with van der Waals surface area (Å²) in [6, 6.07) is -3.87. The van der Waals surface area contributed by atoms with Crippen molar-refractivity contribution >= 4 is 88.1 Å². The van der Waals surface area contributed by atoms with E-state index in [0.29, 0.717) is 36.1 Å². The van der Waals surface area contributed by atoms with Gasteiger partial charge in [-0.2, -0.15) is 0 Å². The zero-order valence-electron chi connectivity index (χ0n) is 39.0. The first-order valence-corrected chi connectivity index (χ1v) is 24.3. The summed E-state index contributed by atoms with van der Waals surface area (Å²) in [6.07, 6.45) is 5.96. The number of nitrogens with two attached hydrogens (primary N) is 2. The van der Waals surface area contributed by atoms with Gasteiger partial charge in [-0.25, -0.2) is 4.79 Å². The minimum Gasteiger partial charge on any atom is -0.480 e. The number of hydrogen-bond donors (Lipinski definition) is 7. The predicted octanol–water partition coefficient (Wildman–Crippen LogP) is 3.39. The first-order valence-electron chi connectivity index (χ1n) is 23.0. The van der Waals surface area contributed by atoms with Gasteiger partial charge in [0.05, 0.1) is 22.9 Å². The Kier molecular flexibility index (Phi) is 22.8. The summed E-state index contributed by atoms with van der Waals surface area (Å²) < 4.78 is 1.13. The van der Waals surface area contributed by atoms with E-state index in [4.69, 9.17) is 23.1 Å². The van der Waals surface area contributed by atoms with Crippen molar-refractivity contribution in [2.75, 3.05) is 0 Å². The average molecular weight is 1060 g/mol. The van der Waals surface area contributed by atoms with Gasteiger partial charge in [-0.1, -0.05) is 76.6 Å². The molecule has 0 radical (unpaired) electrons. The number of carboxylic acid groups (broad SMARTS) is 1. The summed E-state index contributed by atoms with van der Waals surface area (Å²) >= 11 is 8.00. The number of aryl methyl sites for hydroxylation is 1. The number of amides is 7. The van der Waals surface area contributed by atoms with Crippen molar-refractivity contribution in [3.8, 4) is 0 Å². The Morgan fingerprint density at radius 1 is 0.879 bits per heavy atom. The van der Waals surface area contributed by atoms with E-state index in [1.807, 2.05) is 27.7 Å². The van der Waals surface area contributed by atoms with Gasteiger partial charge in [0.1, 0.15) is 42.5 Å². The number of halogens is 2. The summed E-state index contributed by atoms with van der Waals surface area (Å²) in [5.41, 5.74) is 13.4. The molecule has 2 aliphatic carbocycles. The largest absolute Gasteiger partial charge is 0.480 e. The van der Waals surface area contributed by atoms with Gasteiger partial charge in [-0.05, 0) is 87.3 Å². The maximum Gasteiger partial charge on any atom is 0.326 e. The maximum absolute atomic E-state index is 15.2. The molecule has 0 bridgehead atoms. The molecule has 0 spiro atoms. The van der Waals surface area contributed by atoms with Crippen molar-refractivity contribution in [3.63, 3.8) is 0 Å². The van der Waals surface area contributed by atoms with E-state index in [9.17, 15) is 43.5 Å². The molecule has 1 aromatic rings. The molecule has 66 heavy (non-hydrogen) atoms. The molecule has 18 nitrogen and oxygen atoms in total. The average Bonchev–Trinajstić information content (AvgIpc) is 3.24. The van der Waals surface area contributed by atoms with E-state index in [1.165, 1.54) is 18.7 Å². The molecule has 0 saturated heterocycles. The molecular weight excluding hydrogens is 987 g/mol. The molecule has 1 aromatic carbocycles. The summed E-state index contributed by atoms with van der Waals surface area (Å²) in [5, 5.41) is 21.1. The molecule has 0 heterocycles. The maximum atomic E-state index is 15.2. The van der Waals surface area contributed by atoms with Crippen molar-refractivity contribution in [2.45, 2.75) is 180 Å². The van der Waals surface area contributed by atoms with Crippen LogP contribution in [0.1, 0.15) is 129 Å². The van der Waals surface area contributed by atoms with Gasteiger partial charge < -0.3 is 47.5 Å². The fourth-order valence-electron chi connectivity index (χ4n) is 8.88. The number of rotatable bonds is 24. The number of carbonyl (C=O) groups is 9. The first-order chi connectivity index (χ1) is 31.0. The fraction of sp³-hybridized carbons (Fsp3) is 0.674. The van der Waals surface area contributed by atoms with Gasteiger partial charge in [-0.15, -0.1) is 0 Å². The van der Waals surface area contributed by atoms with Crippen LogP contribution in [-0.2, 0) is 49.6 Å². The Balaban J connectivity index is 1.98. The topological polar surface area (TPSA) is 280 Å². The number of primary amides is 1. The van der Waals surface area contributed by atoms with E-state index in [1.54, 1.807) is 41.1 Å². The van der Waals surface area contributed by atoms with Crippen molar-refractivity contribution in [2.24, 2.45) is 29.2 Å². The predicted molar refractivity (Wildman–Crippen MR) is 256 cm³/mol.